The fraction of sp³-hybridized carbons (Fsp3) is 0.588. The van der Waals surface area contributed by atoms with Crippen LogP contribution in [0.5, 0.6) is 17.2 Å². The molecule has 1 rings (SSSR count). The zero-order valence-electron chi connectivity index (χ0n) is 14.7. The number of carbonyl (C=O) groups excluding carboxylic acids is 1. The molecule has 1 aromatic rings. The third-order valence-corrected chi connectivity index (χ3v) is 3.79. The van der Waals surface area contributed by atoms with Gasteiger partial charge in [0, 0.05) is 37.8 Å². The fourth-order valence-electron chi connectivity index (χ4n) is 2.04. The van der Waals surface area contributed by atoms with Gasteiger partial charge in [0.15, 0.2) is 0 Å². The first kappa shape index (κ1) is 19.1. The van der Waals surface area contributed by atoms with Crippen molar-refractivity contribution in [1.82, 2.24) is 4.90 Å². The quantitative estimate of drug-likeness (QED) is 0.703. The van der Waals surface area contributed by atoms with Gasteiger partial charge in [-0.2, -0.15) is 0 Å². The van der Waals surface area contributed by atoms with Crippen LogP contribution in [0.1, 0.15) is 20.3 Å². The number of carbonyl (C=O) groups is 1. The average Bonchev–Trinajstić information content (AvgIpc) is 2.56. The number of rotatable bonds is 9. The lowest BCUT2D eigenvalue weighted by Gasteiger charge is -2.23. The molecule has 1 aromatic carbocycles. The maximum absolute atomic E-state index is 12.1. The van der Waals surface area contributed by atoms with Crippen LogP contribution in [0.3, 0.4) is 0 Å². The summed E-state index contributed by atoms with van der Waals surface area (Å²) in [6, 6.07) is 5.24. The summed E-state index contributed by atoms with van der Waals surface area (Å²) in [6.45, 7) is 4.82. The van der Waals surface area contributed by atoms with E-state index in [1.165, 1.54) is 0 Å². The Morgan fingerprint density at radius 3 is 2.13 bits per heavy atom. The highest BCUT2D eigenvalue weighted by Gasteiger charge is 2.20. The Kier molecular flexibility index (Phi) is 7.68. The van der Waals surface area contributed by atoms with Gasteiger partial charge in [0.2, 0.25) is 5.91 Å². The largest absolute Gasteiger partial charge is 0.496 e. The van der Waals surface area contributed by atoms with E-state index < -0.39 is 0 Å². The van der Waals surface area contributed by atoms with E-state index in [4.69, 9.17) is 19.9 Å². The van der Waals surface area contributed by atoms with Gasteiger partial charge in [0.1, 0.15) is 17.2 Å². The van der Waals surface area contributed by atoms with Gasteiger partial charge in [0.05, 0.1) is 26.7 Å². The maximum atomic E-state index is 12.1. The van der Waals surface area contributed by atoms with Crippen LogP contribution in [0.15, 0.2) is 18.2 Å². The first-order valence-electron chi connectivity index (χ1n) is 7.75. The van der Waals surface area contributed by atoms with E-state index in [9.17, 15) is 4.79 Å². The molecular formula is C17H28N2O4. The summed E-state index contributed by atoms with van der Waals surface area (Å²) < 4.78 is 16.1. The molecule has 1 amide bonds. The SMILES string of the molecule is COc1cc(OC)cc(OCCCN(C)C(=O)C(C)C(C)N)c1. The Morgan fingerprint density at radius 1 is 1.13 bits per heavy atom. The molecule has 0 saturated carbocycles. The predicted molar refractivity (Wildman–Crippen MR) is 90.1 cm³/mol. The number of methoxy groups -OCH3 is 2. The van der Waals surface area contributed by atoms with Gasteiger partial charge in [0.25, 0.3) is 0 Å². The van der Waals surface area contributed by atoms with Crippen molar-refractivity contribution in [2.45, 2.75) is 26.3 Å². The number of nitrogens with zero attached hydrogens (tertiary/aromatic N) is 1. The lowest BCUT2D eigenvalue weighted by Crippen LogP contribution is -2.40. The zero-order valence-corrected chi connectivity index (χ0v) is 14.7. The van der Waals surface area contributed by atoms with Gasteiger partial charge in [-0.25, -0.2) is 0 Å². The van der Waals surface area contributed by atoms with E-state index in [1.54, 1.807) is 44.4 Å². The van der Waals surface area contributed by atoms with Crippen LogP contribution in [0.25, 0.3) is 0 Å². The Labute approximate surface area is 138 Å². The smallest absolute Gasteiger partial charge is 0.226 e. The molecule has 0 aliphatic heterocycles. The summed E-state index contributed by atoms with van der Waals surface area (Å²) in [5, 5.41) is 0. The summed E-state index contributed by atoms with van der Waals surface area (Å²) in [5.41, 5.74) is 5.76. The van der Waals surface area contributed by atoms with Crippen molar-refractivity contribution in [2.75, 3.05) is 34.4 Å². The van der Waals surface area contributed by atoms with E-state index in [1.807, 2.05) is 13.8 Å². The van der Waals surface area contributed by atoms with Gasteiger partial charge in [-0.05, 0) is 13.3 Å². The summed E-state index contributed by atoms with van der Waals surface area (Å²) in [4.78, 5) is 13.8. The van der Waals surface area contributed by atoms with Gasteiger partial charge in [-0.3, -0.25) is 4.79 Å². The van der Waals surface area contributed by atoms with Crippen LogP contribution < -0.4 is 19.9 Å². The van der Waals surface area contributed by atoms with Crippen molar-refractivity contribution < 1.29 is 19.0 Å². The van der Waals surface area contributed by atoms with Gasteiger partial charge in [-0.15, -0.1) is 0 Å². The van der Waals surface area contributed by atoms with Gasteiger partial charge >= 0.3 is 0 Å². The second kappa shape index (κ2) is 9.25. The molecule has 0 spiro atoms. The summed E-state index contributed by atoms with van der Waals surface area (Å²) >= 11 is 0. The summed E-state index contributed by atoms with van der Waals surface area (Å²) in [5.74, 6) is 1.92. The summed E-state index contributed by atoms with van der Waals surface area (Å²) in [7, 11) is 4.98. The van der Waals surface area contributed by atoms with Crippen molar-refractivity contribution in [2.24, 2.45) is 11.7 Å². The van der Waals surface area contributed by atoms with Crippen molar-refractivity contribution in [1.29, 1.82) is 0 Å². The standard InChI is InChI=1S/C17H28N2O4/c1-12(13(2)18)17(20)19(3)7-6-8-23-16-10-14(21-4)9-15(11-16)22-5/h9-13H,6-8,18H2,1-5H3. The first-order chi connectivity index (χ1) is 10.9. The number of hydrogen-bond acceptors (Lipinski definition) is 5. The van der Waals surface area contributed by atoms with E-state index >= 15 is 0 Å². The van der Waals surface area contributed by atoms with E-state index in [2.05, 4.69) is 0 Å². The monoisotopic (exact) mass is 324 g/mol. The molecule has 0 fully saturated rings. The minimum absolute atomic E-state index is 0.0584. The number of hydrogen-bond donors (Lipinski definition) is 1. The molecule has 6 heteroatoms. The minimum Gasteiger partial charge on any atom is -0.496 e. The Hall–Kier alpha value is -1.95. The predicted octanol–water partition coefficient (Wildman–Crippen LogP) is 1.91. The molecule has 0 heterocycles. The molecule has 0 aromatic heterocycles. The average molecular weight is 324 g/mol. The van der Waals surface area contributed by atoms with Crippen molar-refractivity contribution in [3.8, 4) is 17.2 Å². The van der Waals surface area contributed by atoms with Crippen molar-refractivity contribution >= 4 is 5.91 Å². The van der Waals surface area contributed by atoms with Crippen molar-refractivity contribution in [3.63, 3.8) is 0 Å². The molecular weight excluding hydrogens is 296 g/mol. The number of amides is 1. The minimum atomic E-state index is -0.177. The molecule has 2 atom stereocenters. The molecule has 2 unspecified atom stereocenters. The molecule has 0 aliphatic carbocycles. The lowest BCUT2D eigenvalue weighted by atomic mass is 10.0. The molecule has 2 N–H and O–H groups in total. The van der Waals surface area contributed by atoms with Crippen molar-refractivity contribution in [3.05, 3.63) is 18.2 Å². The van der Waals surface area contributed by atoms with Crippen LogP contribution in [-0.4, -0.2) is 51.3 Å². The number of nitrogens with two attached hydrogens (primary N) is 1. The van der Waals surface area contributed by atoms with E-state index in [0.29, 0.717) is 30.4 Å². The lowest BCUT2D eigenvalue weighted by molar-refractivity contribution is -0.134. The topological polar surface area (TPSA) is 74.0 Å². The maximum Gasteiger partial charge on any atom is 0.226 e. The van der Waals surface area contributed by atoms with Crippen LogP contribution >= 0.6 is 0 Å². The molecule has 0 bridgehead atoms. The number of benzene rings is 1. The summed E-state index contributed by atoms with van der Waals surface area (Å²) in [6.07, 6.45) is 0.730. The second-order valence-electron chi connectivity index (χ2n) is 5.66. The normalized spacial score (nSPS) is 13.1. The highest BCUT2D eigenvalue weighted by Crippen LogP contribution is 2.27. The van der Waals surface area contributed by atoms with E-state index in [-0.39, 0.29) is 17.9 Å². The Bertz CT molecular complexity index is 483. The zero-order chi connectivity index (χ0) is 17.4. The number of ether oxygens (including phenoxy) is 3. The molecule has 23 heavy (non-hydrogen) atoms. The van der Waals surface area contributed by atoms with E-state index in [0.717, 1.165) is 6.42 Å². The fourth-order valence-corrected chi connectivity index (χ4v) is 2.04. The Balaban J connectivity index is 2.44. The molecule has 6 nitrogen and oxygen atoms in total. The molecule has 0 aliphatic rings. The second-order valence-corrected chi connectivity index (χ2v) is 5.66. The molecule has 0 radical (unpaired) electrons. The highest BCUT2D eigenvalue weighted by atomic mass is 16.5. The van der Waals surface area contributed by atoms with Crippen LogP contribution in [0, 0.1) is 5.92 Å². The Morgan fingerprint density at radius 2 is 1.65 bits per heavy atom. The van der Waals surface area contributed by atoms with Crippen LogP contribution in [0.2, 0.25) is 0 Å². The highest BCUT2D eigenvalue weighted by molar-refractivity contribution is 5.78. The molecule has 0 saturated heterocycles. The molecule has 130 valence electrons. The van der Waals surface area contributed by atoms with Crippen LogP contribution in [0.4, 0.5) is 0 Å². The first-order valence-corrected chi connectivity index (χ1v) is 7.75. The van der Waals surface area contributed by atoms with Crippen LogP contribution in [-0.2, 0) is 4.79 Å². The van der Waals surface area contributed by atoms with Gasteiger partial charge in [-0.1, -0.05) is 6.92 Å². The third-order valence-electron chi connectivity index (χ3n) is 3.79. The third kappa shape index (κ3) is 5.98. The van der Waals surface area contributed by atoms with Gasteiger partial charge < -0.3 is 24.8 Å².